The number of nitrogens with one attached hydrogen (secondary N) is 1. The predicted octanol–water partition coefficient (Wildman–Crippen LogP) is 2.44. The highest BCUT2D eigenvalue weighted by Crippen LogP contribution is 2.26. The van der Waals surface area contributed by atoms with Crippen molar-refractivity contribution < 1.29 is 13.2 Å². The van der Waals surface area contributed by atoms with Gasteiger partial charge in [0.25, 0.3) is 5.91 Å². The van der Waals surface area contributed by atoms with E-state index in [1.165, 1.54) is 12.2 Å². The number of benzene rings is 1. The van der Waals surface area contributed by atoms with E-state index in [-0.39, 0.29) is 17.2 Å². The number of carbonyl (C=O) groups is 1. The molecule has 2 rings (SSSR count). The monoisotopic (exact) mass is 331 g/mol. The van der Waals surface area contributed by atoms with Gasteiger partial charge in [-0.05, 0) is 17.7 Å². The zero-order chi connectivity index (χ0) is 14.8. The molecule has 1 fully saturated rings. The second-order valence-electron chi connectivity index (χ2n) is 4.11. The Labute approximate surface area is 127 Å². The lowest BCUT2D eigenvalue weighted by Gasteiger charge is -2.14. The molecule has 1 aromatic carbocycles. The molecule has 20 heavy (non-hydrogen) atoms. The van der Waals surface area contributed by atoms with Gasteiger partial charge in [0.2, 0.25) is 0 Å². The fraction of sp³-hybridized carbons (Fsp3) is 0.154. The number of amides is 1. The second kappa shape index (κ2) is 5.99. The Morgan fingerprint density at radius 2 is 2.00 bits per heavy atom. The van der Waals surface area contributed by atoms with Gasteiger partial charge >= 0.3 is 0 Å². The molecule has 1 amide bonds. The number of sulfone groups is 1. The molecular weight excluding hydrogens is 321 g/mol. The highest BCUT2D eigenvalue weighted by atomic mass is 35.5. The molecule has 7 heteroatoms. The largest absolute Gasteiger partial charge is 0.350 e. The molecule has 1 aromatic rings. The summed E-state index contributed by atoms with van der Waals surface area (Å²) in [7, 11) is -3.51. The van der Waals surface area contributed by atoms with Crippen LogP contribution in [0.3, 0.4) is 0 Å². The molecule has 0 aromatic heterocycles. The van der Waals surface area contributed by atoms with Crippen LogP contribution in [0.5, 0.6) is 0 Å². The summed E-state index contributed by atoms with van der Waals surface area (Å²) >= 11 is 11.9. The van der Waals surface area contributed by atoms with E-state index in [4.69, 9.17) is 23.2 Å². The lowest BCUT2D eigenvalue weighted by Crippen LogP contribution is -2.39. The minimum absolute atomic E-state index is 0.0870. The minimum Gasteiger partial charge on any atom is -0.350 e. The molecule has 1 aliphatic heterocycles. The average Bonchev–Trinajstić information content (AvgIpc) is 2.37. The van der Waals surface area contributed by atoms with Gasteiger partial charge < -0.3 is 5.32 Å². The minimum atomic E-state index is -3.51. The van der Waals surface area contributed by atoms with Crippen molar-refractivity contribution in [2.75, 3.05) is 12.3 Å². The predicted molar refractivity (Wildman–Crippen MR) is 80.4 cm³/mol. The third-order valence-corrected chi connectivity index (χ3v) is 5.29. The van der Waals surface area contributed by atoms with Crippen molar-refractivity contribution in [1.82, 2.24) is 5.32 Å². The molecule has 106 valence electrons. The summed E-state index contributed by atoms with van der Waals surface area (Å²) in [5, 5.41) is 3.27. The molecule has 0 saturated carbocycles. The van der Waals surface area contributed by atoms with E-state index >= 15 is 0 Å². The quantitative estimate of drug-likeness (QED) is 0.846. The van der Waals surface area contributed by atoms with Gasteiger partial charge in [-0.3, -0.25) is 4.79 Å². The molecule has 0 spiro atoms. The van der Waals surface area contributed by atoms with Gasteiger partial charge in [-0.2, -0.15) is 0 Å². The molecular formula is C13H11Cl2NO3S. The van der Waals surface area contributed by atoms with Gasteiger partial charge in [0.1, 0.15) is 4.91 Å². The molecule has 4 nitrogen and oxygen atoms in total. The number of halogens is 2. The Balaban J connectivity index is 2.30. The van der Waals surface area contributed by atoms with E-state index in [1.807, 2.05) is 0 Å². The Kier molecular flexibility index (Phi) is 4.52. The standard InChI is InChI=1S/C13H11Cl2NO3S/c14-10-5-1-3-9(12(10)15)4-2-6-11-13(17)16-7-8-20(11,18)19/h1-6H,7-8H2,(H,16,17)/b4-2+,11-6+. The summed E-state index contributed by atoms with van der Waals surface area (Å²) in [4.78, 5) is 11.3. The summed E-state index contributed by atoms with van der Waals surface area (Å²) in [6, 6.07) is 5.11. The second-order valence-corrected chi connectivity index (χ2v) is 6.97. The third kappa shape index (κ3) is 3.23. The molecule has 0 unspecified atom stereocenters. The van der Waals surface area contributed by atoms with Crippen molar-refractivity contribution in [3.8, 4) is 0 Å². The third-order valence-electron chi connectivity index (χ3n) is 2.72. The molecule has 0 atom stereocenters. The van der Waals surface area contributed by atoms with Crippen LogP contribution in [0, 0.1) is 0 Å². The van der Waals surface area contributed by atoms with Crippen molar-refractivity contribution in [3.63, 3.8) is 0 Å². The fourth-order valence-electron chi connectivity index (χ4n) is 1.70. The smallest absolute Gasteiger partial charge is 0.262 e. The highest BCUT2D eigenvalue weighted by Gasteiger charge is 2.28. The summed E-state index contributed by atoms with van der Waals surface area (Å²) in [5.41, 5.74) is 0.643. The van der Waals surface area contributed by atoms with Crippen LogP contribution in [-0.2, 0) is 14.6 Å². The van der Waals surface area contributed by atoms with Gasteiger partial charge in [-0.1, -0.05) is 47.5 Å². The van der Waals surface area contributed by atoms with E-state index in [0.29, 0.717) is 15.6 Å². The maximum absolute atomic E-state index is 11.7. The van der Waals surface area contributed by atoms with Gasteiger partial charge in [-0.25, -0.2) is 8.42 Å². The van der Waals surface area contributed by atoms with E-state index in [2.05, 4.69) is 5.32 Å². The topological polar surface area (TPSA) is 63.2 Å². The van der Waals surface area contributed by atoms with Crippen molar-refractivity contribution in [3.05, 3.63) is 50.9 Å². The average molecular weight is 332 g/mol. The van der Waals surface area contributed by atoms with Crippen molar-refractivity contribution in [2.45, 2.75) is 0 Å². The summed E-state index contributed by atoms with van der Waals surface area (Å²) < 4.78 is 23.5. The molecule has 0 aliphatic carbocycles. The van der Waals surface area contributed by atoms with Crippen LogP contribution in [0.4, 0.5) is 0 Å². The SMILES string of the molecule is O=C1NCCS(=O)(=O)/C1=C/C=C/c1cccc(Cl)c1Cl. The number of allylic oxidation sites excluding steroid dienone is 2. The van der Waals surface area contributed by atoms with Gasteiger partial charge in [0, 0.05) is 6.54 Å². The van der Waals surface area contributed by atoms with Crippen LogP contribution in [0.1, 0.15) is 5.56 Å². The first-order valence-electron chi connectivity index (χ1n) is 5.75. The van der Waals surface area contributed by atoms with Crippen LogP contribution in [-0.4, -0.2) is 26.6 Å². The van der Waals surface area contributed by atoms with E-state index in [0.717, 1.165) is 0 Å². The van der Waals surface area contributed by atoms with Crippen LogP contribution in [0.25, 0.3) is 6.08 Å². The summed E-state index contributed by atoms with van der Waals surface area (Å²) in [6.45, 7) is 0.141. The van der Waals surface area contributed by atoms with E-state index < -0.39 is 15.7 Å². The first kappa shape index (κ1) is 15.1. The fourth-order valence-corrected chi connectivity index (χ4v) is 3.31. The van der Waals surface area contributed by atoms with E-state index in [1.54, 1.807) is 24.3 Å². The van der Waals surface area contributed by atoms with Crippen molar-refractivity contribution in [1.29, 1.82) is 0 Å². The van der Waals surface area contributed by atoms with Crippen LogP contribution in [0.2, 0.25) is 10.0 Å². The van der Waals surface area contributed by atoms with Crippen LogP contribution in [0.15, 0.2) is 35.3 Å². The highest BCUT2D eigenvalue weighted by molar-refractivity contribution is 7.96. The Bertz CT molecular complexity index is 708. The zero-order valence-electron chi connectivity index (χ0n) is 10.3. The Hall–Kier alpha value is -1.30. The van der Waals surface area contributed by atoms with E-state index in [9.17, 15) is 13.2 Å². The van der Waals surface area contributed by atoms with Crippen molar-refractivity contribution >= 4 is 45.0 Å². The molecule has 0 radical (unpaired) electrons. The number of hydrogen-bond acceptors (Lipinski definition) is 3. The first-order chi connectivity index (χ1) is 9.42. The maximum Gasteiger partial charge on any atom is 0.262 e. The number of hydrogen-bond donors (Lipinski definition) is 1. The summed E-state index contributed by atoms with van der Waals surface area (Å²) in [5.74, 6) is -0.672. The Morgan fingerprint density at radius 1 is 1.25 bits per heavy atom. The van der Waals surface area contributed by atoms with Crippen LogP contribution < -0.4 is 5.32 Å². The molecule has 1 aliphatic rings. The van der Waals surface area contributed by atoms with Gasteiger partial charge in [0.05, 0.1) is 15.8 Å². The normalized spacial score (nSPS) is 20.3. The number of rotatable bonds is 2. The van der Waals surface area contributed by atoms with Gasteiger partial charge in [0.15, 0.2) is 9.84 Å². The Morgan fingerprint density at radius 3 is 2.70 bits per heavy atom. The lowest BCUT2D eigenvalue weighted by atomic mass is 10.2. The zero-order valence-corrected chi connectivity index (χ0v) is 12.6. The number of carbonyl (C=O) groups excluding carboxylic acids is 1. The maximum atomic E-state index is 11.7. The summed E-state index contributed by atoms with van der Waals surface area (Å²) in [6.07, 6.45) is 4.33. The van der Waals surface area contributed by atoms with Crippen LogP contribution >= 0.6 is 23.2 Å². The first-order valence-corrected chi connectivity index (χ1v) is 8.16. The van der Waals surface area contributed by atoms with Gasteiger partial charge in [-0.15, -0.1) is 0 Å². The molecule has 1 heterocycles. The lowest BCUT2D eigenvalue weighted by molar-refractivity contribution is -0.116. The van der Waals surface area contributed by atoms with Crippen molar-refractivity contribution in [2.24, 2.45) is 0 Å². The molecule has 0 bridgehead atoms. The molecule has 1 saturated heterocycles. The molecule has 1 N–H and O–H groups in total.